The molecular weight excluding hydrogens is 458 g/mol. The molecule has 1 saturated heterocycles. The first-order valence-electron chi connectivity index (χ1n) is 8.75. The number of aromatic amines is 1. The van der Waals surface area contributed by atoms with Crippen LogP contribution in [0.2, 0.25) is 0 Å². The maximum absolute atomic E-state index is 11.7. The third-order valence-electron chi connectivity index (χ3n) is 4.16. The molecule has 2 heterocycles. The second kappa shape index (κ2) is 10.1. The maximum atomic E-state index is 11.7. The van der Waals surface area contributed by atoms with Crippen molar-refractivity contribution >= 4 is 20.7 Å². The Kier molecular flexibility index (Phi) is 8.28. The Hall–Kier alpha value is -1.92. The molecule has 0 spiro atoms. The van der Waals surface area contributed by atoms with Crippen molar-refractivity contribution in [2.75, 3.05) is 6.61 Å². The van der Waals surface area contributed by atoms with Gasteiger partial charge in [0.05, 0.1) is 18.0 Å². The van der Waals surface area contributed by atoms with Gasteiger partial charge in [-0.15, -0.1) is 0 Å². The standard InChI is InChI=1S/C10H15N2O8P.C6H7O3P/c1-5-3-12(10(15)11-9(5)14)8-2-6(13)7(20-8)4-19-21(16,17)18;7-10(8,9)6-4-2-1-3-5-6/h3,6-8,13H,2,4H2,1H3,(H,11,14,15)(H2,16,17,18);1-5H,(H2,7,8,9)/t6-,7+,8+;/m0./s1. The zero-order valence-electron chi connectivity index (χ0n) is 16.1. The number of phosphoric acid groups is 1. The zero-order chi connectivity index (χ0) is 23.4. The minimum atomic E-state index is -4.67. The molecule has 0 unspecified atom stereocenters. The lowest BCUT2D eigenvalue weighted by atomic mass is 10.2. The number of nitrogens with zero attached hydrogens (tertiary/aromatic N) is 1. The molecule has 0 bridgehead atoms. The van der Waals surface area contributed by atoms with E-state index in [9.17, 15) is 23.8 Å². The number of benzene rings is 1. The van der Waals surface area contributed by atoms with Crippen LogP contribution in [0.15, 0.2) is 46.1 Å². The fraction of sp³-hybridized carbons (Fsp3) is 0.375. The SMILES string of the molecule is Cc1cn([C@H]2C[C@H](O)[C@@H](COP(=O)(O)O)O2)c(=O)[nH]c1=O.O=P(O)(O)c1ccccc1. The van der Waals surface area contributed by atoms with Crippen molar-refractivity contribution in [2.24, 2.45) is 0 Å². The summed E-state index contributed by atoms with van der Waals surface area (Å²) in [7, 11) is -8.69. The van der Waals surface area contributed by atoms with Crippen molar-refractivity contribution < 1.29 is 43.1 Å². The summed E-state index contributed by atoms with van der Waals surface area (Å²) in [5, 5.41) is 9.85. The second-order valence-electron chi connectivity index (χ2n) is 6.58. The lowest BCUT2D eigenvalue weighted by molar-refractivity contribution is -0.0451. The molecule has 0 amide bonds. The fourth-order valence-electron chi connectivity index (χ4n) is 2.63. The Balaban J connectivity index is 0.000000285. The molecule has 31 heavy (non-hydrogen) atoms. The number of nitrogens with one attached hydrogen (secondary N) is 1. The predicted octanol–water partition coefficient (Wildman–Crippen LogP) is -0.908. The number of aliphatic hydroxyl groups is 1. The first-order chi connectivity index (χ1) is 14.3. The van der Waals surface area contributed by atoms with Gasteiger partial charge in [-0.1, -0.05) is 18.2 Å². The lowest BCUT2D eigenvalue weighted by Crippen LogP contribution is -2.33. The van der Waals surface area contributed by atoms with Crippen LogP contribution < -0.4 is 16.6 Å². The van der Waals surface area contributed by atoms with Crippen LogP contribution in [0.5, 0.6) is 0 Å². The Morgan fingerprint density at radius 2 is 1.77 bits per heavy atom. The smallest absolute Gasteiger partial charge is 0.390 e. The van der Waals surface area contributed by atoms with Gasteiger partial charge in [0, 0.05) is 18.2 Å². The van der Waals surface area contributed by atoms with Crippen LogP contribution in [-0.2, 0) is 18.4 Å². The highest BCUT2D eigenvalue weighted by atomic mass is 31.2. The van der Waals surface area contributed by atoms with Crippen LogP contribution in [-0.4, -0.2) is 53.0 Å². The van der Waals surface area contributed by atoms with Crippen molar-refractivity contribution in [2.45, 2.75) is 31.8 Å². The van der Waals surface area contributed by atoms with Crippen LogP contribution >= 0.6 is 15.4 Å². The monoisotopic (exact) mass is 480 g/mol. The number of aromatic nitrogens is 2. The van der Waals surface area contributed by atoms with Gasteiger partial charge in [0.2, 0.25) is 0 Å². The summed E-state index contributed by atoms with van der Waals surface area (Å²) >= 11 is 0. The summed E-state index contributed by atoms with van der Waals surface area (Å²) < 4.78 is 31.9. The van der Waals surface area contributed by atoms with E-state index in [1.54, 1.807) is 18.2 Å². The second-order valence-corrected chi connectivity index (χ2v) is 9.42. The topological polar surface area (TPSA) is 209 Å². The number of aliphatic hydroxyl groups excluding tert-OH is 1. The quantitative estimate of drug-likeness (QED) is 0.289. The van der Waals surface area contributed by atoms with Gasteiger partial charge < -0.3 is 29.4 Å². The Labute approximate surface area is 175 Å². The van der Waals surface area contributed by atoms with Gasteiger partial charge in [0.25, 0.3) is 5.56 Å². The molecule has 3 atom stereocenters. The Morgan fingerprint density at radius 3 is 2.29 bits per heavy atom. The van der Waals surface area contributed by atoms with Crippen LogP contribution in [0.3, 0.4) is 0 Å². The van der Waals surface area contributed by atoms with Crippen LogP contribution in [0.25, 0.3) is 0 Å². The van der Waals surface area contributed by atoms with Crippen molar-refractivity contribution in [1.29, 1.82) is 0 Å². The molecule has 6 N–H and O–H groups in total. The summed E-state index contributed by atoms with van der Waals surface area (Å²) in [6.07, 6.45) is -1.57. The van der Waals surface area contributed by atoms with E-state index in [1.165, 1.54) is 25.3 Å². The number of rotatable bonds is 5. The molecule has 1 aliphatic rings. The largest absolute Gasteiger partial charge is 0.469 e. The number of phosphoric ester groups is 1. The zero-order valence-corrected chi connectivity index (χ0v) is 17.9. The van der Waals surface area contributed by atoms with Gasteiger partial charge in [-0.25, -0.2) is 9.36 Å². The molecule has 0 aliphatic carbocycles. The average Bonchev–Trinajstić information content (AvgIpc) is 3.03. The molecule has 1 aliphatic heterocycles. The van der Waals surface area contributed by atoms with Crippen LogP contribution in [0, 0.1) is 6.92 Å². The van der Waals surface area contributed by atoms with E-state index in [0.717, 1.165) is 4.57 Å². The minimum Gasteiger partial charge on any atom is -0.390 e. The molecule has 172 valence electrons. The molecule has 13 nitrogen and oxygen atoms in total. The van der Waals surface area contributed by atoms with E-state index < -0.39 is 51.7 Å². The molecule has 15 heteroatoms. The third-order valence-corrected chi connectivity index (χ3v) is 5.62. The molecule has 3 rings (SSSR count). The van der Waals surface area contributed by atoms with Crippen molar-refractivity contribution in [3.05, 3.63) is 62.9 Å². The number of H-pyrrole nitrogens is 1. The highest BCUT2D eigenvalue weighted by Gasteiger charge is 2.37. The van der Waals surface area contributed by atoms with E-state index in [0.29, 0.717) is 5.56 Å². The van der Waals surface area contributed by atoms with E-state index in [1.807, 2.05) is 0 Å². The van der Waals surface area contributed by atoms with Gasteiger partial charge in [-0.05, 0) is 19.1 Å². The highest BCUT2D eigenvalue weighted by molar-refractivity contribution is 7.60. The Bertz CT molecular complexity index is 1090. The molecule has 1 aromatic heterocycles. The Morgan fingerprint density at radius 1 is 1.16 bits per heavy atom. The summed E-state index contributed by atoms with van der Waals surface area (Å²) in [4.78, 5) is 59.5. The first-order valence-corrected chi connectivity index (χ1v) is 11.9. The lowest BCUT2D eigenvalue weighted by Gasteiger charge is -2.16. The van der Waals surface area contributed by atoms with Gasteiger partial charge in [0.15, 0.2) is 0 Å². The first kappa shape index (κ1) is 25.3. The normalized spacial score (nSPS) is 21.4. The summed E-state index contributed by atoms with van der Waals surface area (Å²) in [6.45, 7) is 0.994. The van der Waals surface area contributed by atoms with E-state index in [-0.39, 0.29) is 11.7 Å². The van der Waals surface area contributed by atoms with E-state index in [2.05, 4.69) is 9.51 Å². The van der Waals surface area contributed by atoms with Gasteiger partial charge in [-0.2, -0.15) is 0 Å². The number of hydrogen-bond acceptors (Lipinski definition) is 7. The van der Waals surface area contributed by atoms with Crippen molar-refractivity contribution in [3.63, 3.8) is 0 Å². The van der Waals surface area contributed by atoms with Crippen molar-refractivity contribution in [1.82, 2.24) is 9.55 Å². The molecule has 0 saturated carbocycles. The molecule has 1 aromatic carbocycles. The number of hydrogen-bond donors (Lipinski definition) is 6. The van der Waals surface area contributed by atoms with Crippen molar-refractivity contribution in [3.8, 4) is 0 Å². The molecule has 1 fully saturated rings. The van der Waals surface area contributed by atoms with E-state index in [4.69, 9.17) is 24.3 Å². The van der Waals surface area contributed by atoms with E-state index >= 15 is 0 Å². The molecular formula is C16H22N2O11P2. The number of ether oxygens (including phenoxy) is 1. The molecule has 0 radical (unpaired) electrons. The number of aryl methyl sites for hydroxylation is 1. The fourth-order valence-corrected chi connectivity index (χ4v) is 3.53. The van der Waals surface area contributed by atoms with Gasteiger partial charge in [-0.3, -0.25) is 23.4 Å². The molecule has 2 aromatic rings. The van der Waals surface area contributed by atoms with Crippen LogP contribution in [0.1, 0.15) is 18.2 Å². The average molecular weight is 480 g/mol. The summed E-state index contributed by atoms with van der Waals surface area (Å²) in [6, 6.07) is 7.70. The third kappa shape index (κ3) is 7.62. The summed E-state index contributed by atoms with van der Waals surface area (Å²) in [5.41, 5.74) is -0.918. The van der Waals surface area contributed by atoms with Gasteiger partial charge in [0.1, 0.15) is 12.3 Å². The predicted molar refractivity (Wildman–Crippen MR) is 107 cm³/mol. The maximum Gasteiger partial charge on any atom is 0.469 e. The van der Waals surface area contributed by atoms with Gasteiger partial charge >= 0.3 is 21.1 Å². The van der Waals surface area contributed by atoms with Crippen LogP contribution in [0.4, 0.5) is 0 Å². The minimum absolute atomic E-state index is 0.0283. The highest BCUT2D eigenvalue weighted by Crippen LogP contribution is 2.38. The summed E-state index contributed by atoms with van der Waals surface area (Å²) in [5.74, 6) is 0.